The number of hydrogen-bond donors (Lipinski definition) is 1. The van der Waals surface area contributed by atoms with Crippen LogP contribution in [0.1, 0.15) is 35.2 Å². The highest BCUT2D eigenvalue weighted by atomic mass is 19.1. The summed E-state index contributed by atoms with van der Waals surface area (Å²) in [5.74, 6) is -0.371. The third-order valence-electron chi connectivity index (χ3n) is 4.74. The van der Waals surface area contributed by atoms with Crippen LogP contribution >= 0.6 is 0 Å². The third kappa shape index (κ3) is 3.27. The van der Waals surface area contributed by atoms with Crippen molar-refractivity contribution >= 4 is 23.2 Å². The molecule has 0 unspecified atom stereocenters. The molecule has 2 aliphatic rings. The molecule has 2 amide bonds. The van der Waals surface area contributed by atoms with Crippen LogP contribution < -0.4 is 10.2 Å². The van der Waals surface area contributed by atoms with Gasteiger partial charge in [0, 0.05) is 29.4 Å². The van der Waals surface area contributed by atoms with Crippen LogP contribution in [-0.2, 0) is 11.2 Å². The standard InChI is InChI=1S/C20H19FN2O2/c21-16-5-1-3-15(11-16)19(24)22-17-8-9-18-14(12-17)4-2-10-23(18)20(25)13-6-7-13/h1,3,5,8-9,11-13H,2,4,6-7,10H2,(H,22,24). The fourth-order valence-corrected chi connectivity index (χ4v) is 3.29. The Hall–Kier alpha value is -2.69. The molecule has 0 radical (unpaired) electrons. The van der Waals surface area contributed by atoms with Crippen molar-refractivity contribution in [3.8, 4) is 0 Å². The molecule has 0 aromatic heterocycles. The number of anilines is 2. The van der Waals surface area contributed by atoms with E-state index in [9.17, 15) is 14.0 Å². The first-order valence-corrected chi connectivity index (χ1v) is 8.63. The molecule has 4 rings (SSSR count). The van der Waals surface area contributed by atoms with Gasteiger partial charge >= 0.3 is 0 Å². The summed E-state index contributed by atoms with van der Waals surface area (Å²) >= 11 is 0. The lowest BCUT2D eigenvalue weighted by atomic mass is 10.00. The van der Waals surface area contributed by atoms with Gasteiger partial charge in [0.15, 0.2) is 0 Å². The quantitative estimate of drug-likeness (QED) is 0.926. The van der Waals surface area contributed by atoms with E-state index in [0.29, 0.717) is 5.69 Å². The lowest BCUT2D eigenvalue weighted by Crippen LogP contribution is -2.36. The van der Waals surface area contributed by atoms with E-state index < -0.39 is 5.82 Å². The normalized spacial score (nSPS) is 16.3. The Morgan fingerprint density at radius 2 is 1.96 bits per heavy atom. The first kappa shape index (κ1) is 15.8. The first-order valence-electron chi connectivity index (χ1n) is 8.63. The molecule has 5 heteroatoms. The van der Waals surface area contributed by atoms with Gasteiger partial charge in [-0.25, -0.2) is 4.39 Å². The molecule has 1 fully saturated rings. The molecule has 25 heavy (non-hydrogen) atoms. The molecule has 4 nitrogen and oxygen atoms in total. The molecule has 0 saturated heterocycles. The van der Waals surface area contributed by atoms with Gasteiger partial charge in [0.1, 0.15) is 5.82 Å². The summed E-state index contributed by atoms with van der Waals surface area (Å²) in [4.78, 5) is 26.6. The Morgan fingerprint density at radius 1 is 1.12 bits per heavy atom. The zero-order chi connectivity index (χ0) is 17.4. The topological polar surface area (TPSA) is 49.4 Å². The van der Waals surface area contributed by atoms with Gasteiger partial charge in [-0.3, -0.25) is 9.59 Å². The Labute approximate surface area is 145 Å². The van der Waals surface area contributed by atoms with Gasteiger partial charge in [-0.15, -0.1) is 0 Å². The van der Waals surface area contributed by atoms with E-state index in [1.165, 1.54) is 18.2 Å². The molecule has 0 bridgehead atoms. The maximum absolute atomic E-state index is 13.3. The van der Waals surface area contributed by atoms with Gasteiger partial charge in [-0.1, -0.05) is 6.07 Å². The molecule has 128 valence electrons. The summed E-state index contributed by atoms with van der Waals surface area (Å²) in [6.45, 7) is 0.761. The number of hydrogen-bond acceptors (Lipinski definition) is 2. The minimum atomic E-state index is -0.438. The average molecular weight is 338 g/mol. The predicted molar refractivity (Wildman–Crippen MR) is 94.2 cm³/mol. The average Bonchev–Trinajstić information content (AvgIpc) is 3.45. The van der Waals surface area contributed by atoms with Gasteiger partial charge in [-0.05, 0) is 67.6 Å². The second-order valence-electron chi connectivity index (χ2n) is 6.68. The number of nitrogens with zero attached hydrogens (tertiary/aromatic N) is 1. The van der Waals surface area contributed by atoms with E-state index in [1.54, 1.807) is 12.1 Å². The van der Waals surface area contributed by atoms with E-state index in [1.807, 2.05) is 17.0 Å². The SMILES string of the molecule is O=C(Nc1ccc2c(c1)CCCN2C(=O)C1CC1)c1cccc(F)c1. The summed E-state index contributed by atoms with van der Waals surface area (Å²) in [7, 11) is 0. The molecule has 1 aliphatic heterocycles. The maximum atomic E-state index is 13.3. The Bertz CT molecular complexity index is 845. The van der Waals surface area contributed by atoms with Crippen LogP contribution in [0.5, 0.6) is 0 Å². The summed E-state index contributed by atoms with van der Waals surface area (Å²) in [6.07, 6.45) is 3.79. The van der Waals surface area contributed by atoms with Crippen molar-refractivity contribution in [2.24, 2.45) is 5.92 Å². The van der Waals surface area contributed by atoms with E-state index in [4.69, 9.17) is 0 Å². The van der Waals surface area contributed by atoms with Crippen LogP contribution in [0.3, 0.4) is 0 Å². The monoisotopic (exact) mass is 338 g/mol. The number of amides is 2. The highest BCUT2D eigenvalue weighted by Crippen LogP contribution is 2.36. The summed E-state index contributed by atoms with van der Waals surface area (Å²) in [6, 6.07) is 11.2. The highest BCUT2D eigenvalue weighted by Gasteiger charge is 2.35. The molecular formula is C20H19FN2O2. The number of nitrogens with one attached hydrogen (secondary N) is 1. The van der Waals surface area contributed by atoms with Gasteiger partial charge in [0.05, 0.1) is 0 Å². The minimum absolute atomic E-state index is 0.193. The number of carbonyl (C=O) groups excluding carboxylic acids is 2. The molecule has 0 atom stereocenters. The molecule has 1 N–H and O–H groups in total. The molecule has 2 aromatic rings. The van der Waals surface area contributed by atoms with Crippen molar-refractivity contribution in [2.45, 2.75) is 25.7 Å². The van der Waals surface area contributed by atoms with Crippen LogP contribution in [-0.4, -0.2) is 18.4 Å². The molecule has 1 heterocycles. The van der Waals surface area contributed by atoms with E-state index in [-0.39, 0.29) is 23.3 Å². The van der Waals surface area contributed by atoms with E-state index >= 15 is 0 Å². The first-order chi connectivity index (χ1) is 12.1. The smallest absolute Gasteiger partial charge is 0.255 e. The highest BCUT2D eigenvalue weighted by molar-refractivity contribution is 6.04. The van der Waals surface area contributed by atoms with Gasteiger partial charge in [-0.2, -0.15) is 0 Å². The predicted octanol–water partition coefficient (Wildman–Crippen LogP) is 3.77. The lowest BCUT2D eigenvalue weighted by molar-refractivity contribution is -0.119. The van der Waals surface area contributed by atoms with Crippen LogP contribution in [0.15, 0.2) is 42.5 Å². The molecule has 1 aliphatic carbocycles. The van der Waals surface area contributed by atoms with Crippen LogP contribution in [0.4, 0.5) is 15.8 Å². The second-order valence-corrected chi connectivity index (χ2v) is 6.68. The Kier molecular flexibility index (Phi) is 3.99. The number of carbonyl (C=O) groups is 2. The maximum Gasteiger partial charge on any atom is 0.255 e. The minimum Gasteiger partial charge on any atom is -0.322 e. The Morgan fingerprint density at radius 3 is 2.72 bits per heavy atom. The summed E-state index contributed by atoms with van der Waals surface area (Å²) in [5.41, 5.74) is 2.96. The number of fused-ring (bicyclic) bond motifs is 1. The van der Waals surface area contributed by atoms with Crippen molar-refractivity contribution < 1.29 is 14.0 Å². The van der Waals surface area contributed by atoms with Crippen LogP contribution in [0.2, 0.25) is 0 Å². The fraction of sp³-hybridized carbons (Fsp3) is 0.300. The number of aryl methyl sites for hydroxylation is 1. The largest absolute Gasteiger partial charge is 0.322 e. The van der Waals surface area contributed by atoms with E-state index in [2.05, 4.69) is 5.32 Å². The second kappa shape index (κ2) is 6.31. The van der Waals surface area contributed by atoms with Crippen molar-refractivity contribution in [3.63, 3.8) is 0 Å². The number of rotatable bonds is 3. The summed E-state index contributed by atoms with van der Waals surface area (Å²) < 4.78 is 13.3. The van der Waals surface area contributed by atoms with E-state index in [0.717, 1.165) is 43.5 Å². The van der Waals surface area contributed by atoms with Gasteiger partial charge < -0.3 is 10.2 Å². The van der Waals surface area contributed by atoms with Crippen molar-refractivity contribution in [1.82, 2.24) is 0 Å². The van der Waals surface area contributed by atoms with Gasteiger partial charge in [0.2, 0.25) is 5.91 Å². The fourth-order valence-electron chi connectivity index (χ4n) is 3.29. The molecular weight excluding hydrogens is 319 g/mol. The van der Waals surface area contributed by atoms with Gasteiger partial charge in [0.25, 0.3) is 5.91 Å². The van der Waals surface area contributed by atoms with Crippen molar-refractivity contribution in [3.05, 3.63) is 59.4 Å². The molecule has 0 spiro atoms. The van der Waals surface area contributed by atoms with Crippen LogP contribution in [0, 0.1) is 11.7 Å². The molecule has 1 saturated carbocycles. The zero-order valence-electron chi connectivity index (χ0n) is 13.8. The lowest BCUT2D eigenvalue weighted by Gasteiger charge is -2.30. The molecule has 2 aromatic carbocycles. The van der Waals surface area contributed by atoms with Crippen LogP contribution in [0.25, 0.3) is 0 Å². The Balaban J connectivity index is 1.54. The zero-order valence-corrected chi connectivity index (χ0v) is 13.8. The van der Waals surface area contributed by atoms with Crippen molar-refractivity contribution in [1.29, 1.82) is 0 Å². The van der Waals surface area contributed by atoms with Crippen molar-refractivity contribution in [2.75, 3.05) is 16.8 Å². The number of benzene rings is 2. The number of halogens is 1. The third-order valence-corrected chi connectivity index (χ3v) is 4.74. The summed E-state index contributed by atoms with van der Waals surface area (Å²) in [5, 5.41) is 2.81.